The minimum absolute atomic E-state index is 0.282. The van der Waals surface area contributed by atoms with Crippen molar-refractivity contribution in [1.29, 1.82) is 0 Å². The summed E-state index contributed by atoms with van der Waals surface area (Å²) in [5.74, 6) is -0.313. The standard InChI is InChI=1S/C15H18F3NO/c1-2-19(9-8-15(16,17)18)14(20)13-7-6-11-4-3-5-12(11)10-13/h6-7,10H,2-5,8-9H2,1H3. The lowest BCUT2D eigenvalue weighted by molar-refractivity contribution is -0.136. The van der Waals surface area contributed by atoms with E-state index in [9.17, 15) is 18.0 Å². The van der Waals surface area contributed by atoms with E-state index < -0.39 is 12.6 Å². The lowest BCUT2D eigenvalue weighted by Crippen LogP contribution is -2.34. The molecule has 0 N–H and O–H groups in total. The third-order valence-electron chi connectivity index (χ3n) is 3.68. The van der Waals surface area contributed by atoms with Crippen molar-refractivity contribution >= 4 is 5.91 Å². The minimum Gasteiger partial charge on any atom is -0.339 e. The number of rotatable bonds is 4. The molecule has 0 heterocycles. The van der Waals surface area contributed by atoms with E-state index in [1.165, 1.54) is 10.5 Å². The number of halogens is 3. The Bertz CT molecular complexity index is 496. The van der Waals surface area contributed by atoms with Crippen LogP contribution in [0.15, 0.2) is 18.2 Å². The number of carbonyl (C=O) groups is 1. The molecule has 1 aromatic carbocycles. The summed E-state index contributed by atoms with van der Waals surface area (Å²) >= 11 is 0. The first-order valence-electron chi connectivity index (χ1n) is 6.88. The third kappa shape index (κ3) is 3.52. The van der Waals surface area contributed by atoms with E-state index in [2.05, 4.69) is 0 Å². The van der Waals surface area contributed by atoms with Gasteiger partial charge in [-0.05, 0) is 49.4 Å². The zero-order chi connectivity index (χ0) is 14.8. The van der Waals surface area contributed by atoms with Crippen LogP contribution in [0.3, 0.4) is 0 Å². The molecule has 0 atom stereocenters. The Morgan fingerprint density at radius 1 is 1.25 bits per heavy atom. The Hall–Kier alpha value is -1.52. The molecule has 110 valence electrons. The largest absolute Gasteiger partial charge is 0.390 e. The Labute approximate surface area is 116 Å². The van der Waals surface area contributed by atoms with Crippen molar-refractivity contribution in [3.63, 3.8) is 0 Å². The molecule has 1 amide bonds. The minimum atomic E-state index is -4.23. The van der Waals surface area contributed by atoms with Crippen molar-refractivity contribution in [2.24, 2.45) is 0 Å². The summed E-state index contributed by atoms with van der Waals surface area (Å²) in [6.07, 6.45) is -2.14. The summed E-state index contributed by atoms with van der Waals surface area (Å²) in [5.41, 5.74) is 2.90. The third-order valence-corrected chi connectivity index (χ3v) is 3.68. The summed E-state index contributed by atoms with van der Waals surface area (Å²) in [6, 6.07) is 5.48. The molecular weight excluding hydrogens is 267 g/mol. The molecule has 1 aliphatic carbocycles. The summed E-state index contributed by atoms with van der Waals surface area (Å²) < 4.78 is 36.8. The van der Waals surface area contributed by atoms with Crippen LogP contribution in [0.5, 0.6) is 0 Å². The first-order valence-corrected chi connectivity index (χ1v) is 6.88. The van der Waals surface area contributed by atoms with Gasteiger partial charge in [0.15, 0.2) is 0 Å². The maximum atomic E-state index is 12.3. The molecule has 0 fully saturated rings. The Morgan fingerprint density at radius 3 is 2.60 bits per heavy atom. The molecule has 20 heavy (non-hydrogen) atoms. The number of benzene rings is 1. The first kappa shape index (κ1) is 14.9. The molecule has 0 unspecified atom stereocenters. The van der Waals surface area contributed by atoms with Crippen molar-refractivity contribution < 1.29 is 18.0 Å². The van der Waals surface area contributed by atoms with Crippen LogP contribution >= 0.6 is 0 Å². The monoisotopic (exact) mass is 285 g/mol. The number of nitrogens with zero attached hydrogens (tertiary/aromatic N) is 1. The van der Waals surface area contributed by atoms with Gasteiger partial charge in [-0.15, -0.1) is 0 Å². The zero-order valence-electron chi connectivity index (χ0n) is 11.5. The summed E-state index contributed by atoms with van der Waals surface area (Å²) in [6.45, 7) is 1.70. The van der Waals surface area contributed by atoms with Crippen LogP contribution in [-0.2, 0) is 12.8 Å². The molecule has 5 heteroatoms. The second-order valence-electron chi connectivity index (χ2n) is 5.09. The van der Waals surface area contributed by atoms with Crippen LogP contribution in [0.1, 0.15) is 41.3 Å². The molecule has 0 aromatic heterocycles. The number of hydrogen-bond donors (Lipinski definition) is 0. The molecule has 1 aromatic rings. The number of alkyl halides is 3. The van der Waals surface area contributed by atoms with Crippen molar-refractivity contribution in [2.45, 2.75) is 38.8 Å². The summed E-state index contributed by atoms with van der Waals surface area (Å²) in [5, 5.41) is 0. The highest BCUT2D eigenvalue weighted by Gasteiger charge is 2.29. The molecule has 0 saturated heterocycles. The summed E-state index contributed by atoms with van der Waals surface area (Å²) in [4.78, 5) is 13.5. The Morgan fingerprint density at radius 2 is 1.95 bits per heavy atom. The Kier molecular flexibility index (Phi) is 4.35. The molecule has 0 radical (unpaired) electrons. The number of hydrogen-bond acceptors (Lipinski definition) is 1. The van der Waals surface area contributed by atoms with E-state index in [0.29, 0.717) is 5.56 Å². The van der Waals surface area contributed by atoms with Crippen molar-refractivity contribution in [3.8, 4) is 0 Å². The molecule has 2 rings (SSSR count). The van der Waals surface area contributed by atoms with E-state index in [0.717, 1.165) is 24.8 Å². The number of amides is 1. The Balaban J connectivity index is 2.08. The molecule has 2 nitrogen and oxygen atoms in total. The maximum absolute atomic E-state index is 12.3. The average Bonchev–Trinajstić information content (AvgIpc) is 2.84. The van der Waals surface area contributed by atoms with E-state index in [1.54, 1.807) is 13.0 Å². The fraction of sp³-hybridized carbons (Fsp3) is 0.533. The second kappa shape index (κ2) is 5.85. The predicted molar refractivity (Wildman–Crippen MR) is 70.7 cm³/mol. The van der Waals surface area contributed by atoms with Crippen LogP contribution in [0.4, 0.5) is 13.2 Å². The van der Waals surface area contributed by atoms with Gasteiger partial charge in [-0.3, -0.25) is 4.79 Å². The molecule has 1 aliphatic rings. The van der Waals surface area contributed by atoms with Crippen LogP contribution < -0.4 is 0 Å². The van der Waals surface area contributed by atoms with Crippen molar-refractivity contribution in [1.82, 2.24) is 4.90 Å². The second-order valence-corrected chi connectivity index (χ2v) is 5.09. The van der Waals surface area contributed by atoms with Crippen LogP contribution in [-0.4, -0.2) is 30.1 Å². The van der Waals surface area contributed by atoms with E-state index in [-0.39, 0.29) is 19.0 Å². The lowest BCUT2D eigenvalue weighted by Gasteiger charge is -2.22. The van der Waals surface area contributed by atoms with Gasteiger partial charge in [0.1, 0.15) is 0 Å². The maximum Gasteiger partial charge on any atom is 0.390 e. The van der Waals surface area contributed by atoms with Crippen LogP contribution in [0, 0.1) is 0 Å². The molecule has 0 aliphatic heterocycles. The highest BCUT2D eigenvalue weighted by molar-refractivity contribution is 5.94. The van der Waals surface area contributed by atoms with E-state index >= 15 is 0 Å². The average molecular weight is 285 g/mol. The topological polar surface area (TPSA) is 20.3 Å². The lowest BCUT2D eigenvalue weighted by atomic mass is 10.1. The molecule has 0 spiro atoms. The van der Waals surface area contributed by atoms with Gasteiger partial charge in [-0.2, -0.15) is 13.2 Å². The van der Waals surface area contributed by atoms with Crippen LogP contribution in [0.2, 0.25) is 0 Å². The number of carbonyl (C=O) groups excluding carboxylic acids is 1. The van der Waals surface area contributed by atoms with Gasteiger partial charge in [0.2, 0.25) is 0 Å². The number of aryl methyl sites for hydroxylation is 2. The van der Waals surface area contributed by atoms with Gasteiger partial charge < -0.3 is 4.90 Å². The van der Waals surface area contributed by atoms with Gasteiger partial charge in [-0.25, -0.2) is 0 Å². The smallest absolute Gasteiger partial charge is 0.339 e. The molecular formula is C15H18F3NO. The van der Waals surface area contributed by atoms with Gasteiger partial charge in [-0.1, -0.05) is 6.07 Å². The van der Waals surface area contributed by atoms with Gasteiger partial charge in [0.25, 0.3) is 5.91 Å². The number of fused-ring (bicyclic) bond motifs is 1. The fourth-order valence-corrected chi connectivity index (χ4v) is 2.55. The van der Waals surface area contributed by atoms with Gasteiger partial charge in [0, 0.05) is 18.7 Å². The summed E-state index contributed by atoms with van der Waals surface area (Å²) in [7, 11) is 0. The highest BCUT2D eigenvalue weighted by atomic mass is 19.4. The molecule has 0 bridgehead atoms. The van der Waals surface area contributed by atoms with Crippen molar-refractivity contribution in [2.75, 3.05) is 13.1 Å². The zero-order valence-corrected chi connectivity index (χ0v) is 11.5. The normalized spacial score (nSPS) is 14.2. The van der Waals surface area contributed by atoms with E-state index in [1.807, 2.05) is 12.1 Å². The predicted octanol–water partition coefficient (Wildman–Crippen LogP) is 3.59. The van der Waals surface area contributed by atoms with Gasteiger partial charge >= 0.3 is 6.18 Å². The van der Waals surface area contributed by atoms with E-state index in [4.69, 9.17) is 0 Å². The van der Waals surface area contributed by atoms with Crippen LogP contribution in [0.25, 0.3) is 0 Å². The first-order chi connectivity index (χ1) is 9.40. The molecule has 0 saturated carbocycles. The quantitative estimate of drug-likeness (QED) is 0.828. The fourth-order valence-electron chi connectivity index (χ4n) is 2.55. The highest BCUT2D eigenvalue weighted by Crippen LogP contribution is 2.24. The van der Waals surface area contributed by atoms with Gasteiger partial charge in [0.05, 0.1) is 6.42 Å². The van der Waals surface area contributed by atoms with Crippen molar-refractivity contribution in [3.05, 3.63) is 34.9 Å². The SMILES string of the molecule is CCN(CCC(F)(F)F)C(=O)c1ccc2c(c1)CCC2.